The van der Waals surface area contributed by atoms with Gasteiger partial charge >= 0.3 is 5.97 Å². The lowest BCUT2D eigenvalue weighted by molar-refractivity contribution is -0.145. The van der Waals surface area contributed by atoms with Crippen LogP contribution in [0.4, 0.5) is 0 Å². The first kappa shape index (κ1) is 16.3. The molecule has 1 aliphatic rings. The van der Waals surface area contributed by atoms with Gasteiger partial charge in [0.05, 0.1) is 5.69 Å². The van der Waals surface area contributed by atoms with Gasteiger partial charge in [-0.15, -0.1) is 0 Å². The van der Waals surface area contributed by atoms with Gasteiger partial charge in [0.25, 0.3) is 0 Å². The zero-order valence-electron chi connectivity index (χ0n) is 12.6. The van der Waals surface area contributed by atoms with Gasteiger partial charge < -0.3 is 10.1 Å². The number of hydrogen-bond donors (Lipinski definition) is 2. The lowest BCUT2D eigenvalue weighted by Crippen LogP contribution is -2.54. The standard InChI is InChI=1S/C14H23ClN4O2/c1-3-4-5-12-16-10(13(15)17-12)8-19-7-6-18(2)11(9-19)14(20)21/h11H,3-9H2,1-2H3,(H,16,17)(H,20,21). The zero-order valence-corrected chi connectivity index (χ0v) is 13.4. The minimum Gasteiger partial charge on any atom is -0.480 e. The molecule has 1 saturated heterocycles. The molecule has 1 unspecified atom stereocenters. The van der Waals surface area contributed by atoms with Crippen molar-refractivity contribution in [2.75, 3.05) is 26.7 Å². The maximum atomic E-state index is 11.2. The summed E-state index contributed by atoms with van der Waals surface area (Å²) in [7, 11) is 1.85. The molecule has 118 valence electrons. The van der Waals surface area contributed by atoms with Crippen molar-refractivity contribution in [2.45, 2.75) is 38.8 Å². The van der Waals surface area contributed by atoms with Crippen molar-refractivity contribution < 1.29 is 9.90 Å². The van der Waals surface area contributed by atoms with E-state index < -0.39 is 12.0 Å². The Bertz CT molecular complexity index is 491. The summed E-state index contributed by atoms with van der Waals surface area (Å²) >= 11 is 6.17. The maximum Gasteiger partial charge on any atom is 0.322 e. The molecule has 0 saturated carbocycles. The highest BCUT2D eigenvalue weighted by Gasteiger charge is 2.30. The largest absolute Gasteiger partial charge is 0.480 e. The first-order valence-electron chi connectivity index (χ1n) is 7.40. The summed E-state index contributed by atoms with van der Waals surface area (Å²) in [5, 5.41) is 9.74. The average Bonchev–Trinajstić information content (AvgIpc) is 2.78. The number of carboxylic acids is 1. The molecule has 2 heterocycles. The van der Waals surface area contributed by atoms with E-state index in [1.807, 2.05) is 11.9 Å². The number of aliphatic carboxylic acids is 1. The Kier molecular flexibility index (Phi) is 5.61. The van der Waals surface area contributed by atoms with Crippen LogP contribution in [0.1, 0.15) is 31.3 Å². The molecule has 2 rings (SSSR count). The second-order valence-corrected chi connectivity index (χ2v) is 5.98. The number of rotatable bonds is 6. The van der Waals surface area contributed by atoms with E-state index in [-0.39, 0.29) is 0 Å². The van der Waals surface area contributed by atoms with Crippen LogP contribution in [-0.4, -0.2) is 63.6 Å². The minimum absolute atomic E-state index is 0.458. The number of unbranched alkanes of at least 4 members (excludes halogenated alkanes) is 1. The van der Waals surface area contributed by atoms with Gasteiger partial charge in [-0.1, -0.05) is 24.9 Å². The molecule has 1 atom stereocenters. The first-order chi connectivity index (χ1) is 10.0. The number of likely N-dealkylation sites (N-methyl/N-ethyl adjacent to an activating group) is 1. The van der Waals surface area contributed by atoms with Crippen LogP contribution >= 0.6 is 11.6 Å². The number of aryl methyl sites for hydroxylation is 1. The number of H-pyrrole nitrogens is 1. The third kappa shape index (κ3) is 4.18. The molecule has 7 heteroatoms. The molecule has 0 aromatic carbocycles. The van der Waals surface area contributed by atoms with Crippen LogP contribution < -0.4 is 0 Å². The molecule has 0 radical (unpaired) electrons. The molecule has 0 spiro atoms. The van der Waals surface area contributed by atoms with Crippen molar-refractivity contribution in [2.24, 2.45) is 0 Å². The number of imidazole rings is 1. The number of aromatic amines is 1. The van der Waals surface area contributed by atoms with Crippen molar-refractivity contribution >= 4 is 17.6 Å². The summed E-state index contributed by atoms with van der Waals surface area (Å²) in [4.78, 5) is 22.8. The summed E-state index contributed by atoms with van der Waals surface area (Å²) < 4.78 is 0. The normalized spacial score (nSPS) is 20.8. The van der Waals surface area contributed by atoms with E-state index in [1.54, 1.807) is 0 Å². The maximum absolute atomic E-state index is 11.2. The van der Waals surface area contributed by atoms with Crippen molar-refractivity contribution in [1.82, 2.24) is 19.8 Å². The molecule has 0 aliphatic carbocycles. The molecule has 2 N–H and O–H groups in total. The van der Waals surface area contributed by atoms with Crippen molar-refractivity contribution in [3.8, 4) is 0 Å². The Morgan fingerprint density at radius 1 is 1.52 bits per heavy atom. The number of hydrogen-bond acceptors (Lipinski definition) is 4. The van der Waals surface area contributed by atoms with Crippen LogP contribution in [0, 0.1) is 0 Å². The highest BCUT2D eigenvalue weighted by Crippen LogP contribution is 2.18. The minimum atomic E-state index is -0.776. The number of nitrogens with zero attached hydrogens (tertiary/aromatic N) is 3. The second-order valence-electron chi connectivity index (χ2n) is 5.63. The quantitative estimate of drug-likeness (QED) is 0.834. The van der Waals surface area contributed by atoms with Gasteiger partial charge in [0, 0.05) is 32.6 Å². The lowest BCUT2D eigenvalue weighted by Gasteiger charge is -2.36. The van der Waals surface area contributed by atoms with E-state index in [4.69, 9.17) is 11.6 Å². The van der Waals surface area contributed by atoms with Gasteiger partial charge in [-0.25, -0.2) is 4.98 Å². The van der Waals surface area contributed by atoms with Crippen LogP contribution in [0.3, 0.4) is 0 Å². The number of aromatic nitrogens is 2. The van der Waals surface area contributed by atoms with Gasteiger partial charge in [0.1, 0.15) is 11.9 Å². The first-order valence-corrected chi connectivity index (χ1v) is 7.77. The van der Waals surface area contributed by atoms with Crippen LogP contribution in [-0.2, 0) is 17.8 Å². The predicted octanol–water partition coefficient (Wildman–Crippen LogP) is 1.61. The zero-order chi connectivity index (χ0) is 15.4. The SMILES string of the molecule is CCCCc1nc(Cl)c(CN2CCN(C)C(C(=O)O)C2)[nH]1. The monoisotopic (exact) mass is 314 g/mol. The number of halogens is 1. The number of carboxylic acid groups (broad SMARTS) is 1. The van der Waals surface area contributed by atoms with E-state index in [1.165, 1.54) is 0 Å². The molecule has 1 aliphatic heterocycles. The van der Waals surface area contributed by atoms with Crippen molar-refractivity contribution in [3.63, 3.8) is 0 Å². The Morgan fingerprint density at radius 3 is 2.95 bits per heavy atom. The molecule has 1 fully saturated rings. The van der Waals surface area contributed by atoms with E-state index in [0.717, 1.165) is 43.9 Å². The highest BCUT2D eigenvalue weighted by molar-refractivity contribution is 6.30. The smallest absolute Gasteiger partial charge is 0.322 e. The van der Waals surface area contributed by atoms with Crippen LogP contribution in [0.25, 0.3) is 0 Å². The summed E-state index contributed by atoms with van der Waals surface area (Å²) in [6, 6.07) is -0.458. The fourth-order valence-electron chi connectivity index (χ4n) is 2.57. The summed E-state index contributed by atoms with van der Waals surface area (Å²) in [5.74, 6) is 0.141. The molecule has 21 heavy (non-hydrogen) atoms. The van der Waals surface area contributed by atoms with E-state index in [9.17, 15) is 9.90 Å². The number of carbonyl (C=O) groups is 1. The van der Waals surface area contributed by atoms with Crippen molar-refractivity contribution in [3.05, 3.63) is 16.7 Å². The number of piperazine rings is 1. The fourth-order valence-corrected chi connectivity index (χ4v) is 2.78. The molecule has 0 amide bonds. The molecule has 0 bridgehead atoms. The predicted molar refractivity (Wildman–Crippen MR) is 81.5 cm³/mol. The van der Waals surface area contributed by atoms with E-state index >= 15 is 0 Å². The van der Waals surface area contributed by atoms with Crippen LogP contribution in [0.5, 0.6) is 0 Å². The third-order valence-corrected chi connectivity index (χ3v) is 4.26. The van der Waals surface area contributed by atoms with Gasteiger partial charge in [0.15, 0.2) is 5.15 Å². The average molecular weight is 315 g/mol. The van der Waals surface area contributed by atoms with Crippen LogP contribution in [0.2, 0.25) is 5.15 Å². The van der Waals surface area contributed by atoms with Crippen LogP contribution in [0.15, 0.2) is 0 Å². The van der Waals surface area contributed by atoms with Gasteiger partial charge in [0.2, 0.25) is 0 Å². The number of nitrogens with one attached hydrogen (secondary N) is 1. The Labute approximate surface area is 130 Å². The Balaban J connectivity index is 1.98. The van der Waals surface area contributed by atoms with Gasteiger partial charge in [-0.05, 0) is 13.5 Å². The molecular weight excluding hydrogens is 292 g/mol. The second kappa shape index (κ2) is 7.24. The fraction of sp³-hybridized carbons (Fsp3) is 0.714. The van der Waals surface area contributed by atoms with Gasteiger partial charge in [-0.3, -0.25) is 14.6 Å². The van der Waals surface area contributed by atoms with E-state index in [0.29, 0.717) is 18.2 Å². The molecule has 1 aromatic heterocycles. The Morgan fingerprint density at radius 2 is 2.29 bits per heavy atom. The van der Waals surface area contributed by atoms with E-state index in [2.05, 4.69) is 21.8 Å². The molecular formula is C14H23ClN4O2. The summed E-state index contributed by atoms with van der Waals surface area (Å²) in [6.45, 7) is 4.84. The Hall–Kier alpha value is -1.11. The highest BCUT2D eigenvalue weighted by atomic mass is 35.5. The molecule has 1 aromatic rings. The topological polar surface area (TPSA) is 72.5 Å². The summed E-state index contributed by atoms with van der Waals surface area (Å²) in [6.07, 6.45) is 3.10. The molecule has 6 nitrogen and oxygen atoms in total. The van der Waals surface area contributed by atoms with Crippen molar-refractivity contribution in [1.29, 1.82) is 0 Å². The third-order valence-electron chi connectivity index (χ3n) is 3.94. The summed E-state index contributed by atoms with van der Waals surface area (Å²) in [5.41, 5.74) is 0.886. The lowest BCUT2D eigenvalue weighted by atomic mass is 10.2. The van der Waals surface area contributed by atoms with Gasteiger partial charge in [-0.2, -0.15) is 0 Å².